The number of piperazine rings is 1. The molecular weight excluding hydrogens is 164 g/mol. The number of carbonyl (C=O) groups excluding carboxylic acids is 1. The van der Waals surface area contributed by atoms with Crippen LogP contribution >= 0.6 is 0 Å². The number of carbonyl (C=O) groups is 1. The lowest BCUT2D eigenvalue weighted by molar-refractivity contribution is -0.132. The molecule has 0 aromatic rings. The van der Waals surface area contributed by atoms with Gasteiger partial charge in [0, 0.05) is 32.1 Å². The molecule has 13 heavy (non-hydrogen) atoms. The average Bonchev–Trinajstić information content (AvgIpc) is 2.12. The Bertz CT molecular complexity index is 159. The molecule has 1 saturated heterocycles. The number of nitrogens with one attached hydrogen (secondary N) is 1. The first-order valence-corrected chi connectivity index (χ1v) is 5.12. The molecule has 1 rings (SSSR count). The number of amides is 1. The number of hydrogen-bond donors (Lipinski definition) is 1. The van der Waals surface area contributed by atoms with Crippen LogP contribution in [-0.2, 0) is 4.79 Å². The Labute approximate surface area is 81.5 Å². The molecule has 0 saturated carbocycles. The van der Waals surface area contributed by atoms with Crippen molar-refractivity contribution in [2.24, 2.45) is 0 Å². The molecule has 1 fully saturated rings. The zero-order valence-corrected chi connectivity index (χ0v) is 9.42. The first-order valence-electron chi connectivity index (χ1n) is 5.12. The quantitative estimate of drug-likeness (QED) is 0.617. The summed E-state index contributed by atoms with van der Waals surface area (Å²) in [7, 11) is 0. The molecule has 0 aliphatic carbocycles. The molecule has 0 aromatic heterocycles. The first kappa shape index (κ1) is 12.4. The second-order valence-corrected chi connectivity index (χ2v) is 3.33. The highest BCUT2D eigenvalue weighted by molar-refractivity contribution is 5.73. The van der Waals surface area contributed by atoms with Crippen molar-refractivity contribution in [2.75, 3.05) is 13.1 Å². The molecule has 3 heteroatoms. The number of nitrogens with zero attached hydrogens (tertiary/aromatic N) is 1. The minimum absolute atomic E-state index is 0.186. The largest absolute Gasteiger partial charge is 0.337 e. The average molecular weight is 186 g/mol. The molecule has 3 nitrogen and oxygen atoms in total. The predicted molar refractivity (Wildman–Crippen MR) is 55.7 cm³/mol. The predicted octanol–water partition coefficient (Wildman–Crippen LogP) is 1.24. The van der Waals surface area contributed by atoms with Gasteiger partial charge in [-0.2, -0.15) is 0 Å². The van der Waals surface area contributed by atoms with Gasteiger partial charge in [0.05, 0.1) is 0 Å². The van der Waals surface area contributed by atoms with Gasteiger partial charge < -0.3 is 10.2 Å². The standard InChI is InChI=1S/C8H16N2O.C2H6/c1-6-5-10(8(3)11)7(2)4-9-6;1-2/h6-7,9H,4-5H2,1-3H3;1-2H3/t6-,7?;/m0./s1. The van der Waals surface area contributed by atoms with E-state index in [1.165, 1.54) is 0 Å². The Morgan fingerprint density at radius 1 is 1.38 bits per heavy atom. The summed E-state index contributed by atoms with van der Waals surface area (Å²) in [4.78, 5) is 13.0. The van der Waals surface area contributed by atoms with E-state index in [9.17, 15) is 4.79 Å². The zero-order chi connectivity index (χ0) is 10.4. The lowest BCUT2D eigenvalue weighted by Crippen LogP contribution is -2.55. The van der Waals surface area contributed by atoms with E-state index in [4.69, 9.17) is 0 Å². The summed E-state index contributed by atoms with van der Waals surface area (Å²) in [5.41, 5.74) is 0. The van der Waals surface area contributed by atoms with E-state index in [0.717, 1.165) is 13.1 Å². The Kier molecular flexibility index (Phi) is 5.71. The molecule has 1 N–H and O–H groups in total. The fourth-order valence-electron chi connectivity index (χ4n) is 1.46. The summed E-state index contributed by atoms with van der Waals surface area (Å²) in [5, 5.41) is 3.32. The fourth-order valence-corrected chi connectivity index (χ4v) is 1.46. The molecule has 1 aliphatic heterocycles. The zero-order valence-electron chi connectivity index (χ0n) is 9.42. The normalized spacial score (nSPS) is 27.6. The van der Waals surface area contributed by atoms with Crippen LogP contribution in [0.1, 0.15) is 34.6 Å². The van der Waals surface area contributed by atoms with Gasteiger partial charge in [0.15, 0.2) is 0 Å². The van der Waals surface area contributed by atoms with Gasteiger partial charge >= 0.3 is 0 Å². The van der Waals surface area contributed by atoms with Gasteiger partial charge in [-0.05, 0) is 13.8 Å². The molecule has 1 unspecified atom stereocenters. The highest BCUT2D eigenvalue weighted by Crippen LogP contribution is 2.05. The van der Waals surface area contributed by atoms with Crippen molar-refractivity contribution in [2.45, 2.75) is 46.7 Å². The van der Waals surface area contributed by atoms with Gasteiger partial charge in [-0.3, -0.25) is 4.79 Å². The fraction of sp³-hybridized carbons (Fsp3) is 0.900. The van der Waals surface area contributed by atoms with Crippen molar-refractivity contribution in [3.63, 3.8) is 0 Å². The van der Waals surface area contributed by atoms with Crippen LogP contribution in [0.15, 0.2) is 0 Å². The van der Waals surface area contributed by atoms with Crippen molar-refractivity contribution >= 4 is 5.91 Å². The molecule has 78 valence electrons. The third kappa shape index (κ3) is 3.77. The Morgan fingerprint density at radius 2 is 1.92 bits per heavy atom. The molecule has 0 bridgehead atoms. The molecule has 0 radical (unpaired) electrons. The minimum Gasteiger partial charge on any atom is -0.337 e. The van der Waals surface area contributed by atoms with Crippen molar-refractivity contribution in [3.05, 3.63) is 0 Å². The first-order chi connectivity index (χ1) is 6.11. The summed E-state index contributed by atoms with van der Waals surface area (Å²) in [6.45, 7) is 11.6. The summed E-state index contributed by atoms with van der Waals surface area (Å²) in [6, 6.07) is 0.791. The summed E-state index contributed by atoms with van der Waals surface area (Å²) in [5.74, 6) is 0.186. The van der Waals surface area contributed by atoms with Crippen LogP contribution in [0.5, 0.6) is 0 Å². The maximum absolute atomic E-state index is 11.1. The van der Waals surface area contributed by atoms with Crippen molar-refractivity contribution < 1.29 is 4.79 Å². The molecule has 0 spiro atoms. The van der Waals surface area contributed by atoms with E-state index in [0.29, 0.717) is 12.1 Å². The number of hydrogen-bond acceptors (Lipinski definition) is 2. The van der Waals surface area contributed by atoms with Crippen molar-refractivity contribution in [3.8, 4) is 0 Å². The van der Waals surface area contributed by atoms with E-state index in [1.54, 1.807) is 6.92 Å². The van der Waals surface area contributed by atoms with E-state index >= 15 is 0 Å². The molecule has 1 heterocycles. The van der Waals surface area contributed by atoms with Crippen molar-refractivity contribution in [1.82, 2.24) is 10.2 Å². The second kappa shape index (κ2) is 5.97. The molecule has 2 atom stereocenters. The lowest BCUT2D eigenvalue weighted by atomic mass is 10.1. The van der Waals surface area contributed by atoms with Gasteiger partial charge in [-0.25, -0.2) is 0 Å². The van der Waals surface area contributed by atoms with Gasteiger partial charge in [0.2, 0.25) is 5.91 Å². The second-order valence-electron chi connectivity index (χ2n) is 3.33. The maximum Gasteiger partial charge on any atom is 0.219 e. The Morgan fingerprint density at radius 3 is 2.31 bits per heavy atom. The highest BCUT2D eigenvalue weighted by Gasteiger charge is 2.23. The maximum atomic E-state index is 11.1. The molecule has 0 aromatic carbocycles. The van der Waals surface area contributed by atoms with Crippen LogP contribution < -0.4 is 5.32 Å². The Balaban J connectivity index is 0.000000671. The van der Waals surface area contributed by atoms with Crippen LogP contribution in [0.4, 0.5) is 0 Å². The van der Waals surface area contributed by atoms with Crippen molar-refractivity contribution in [1.29, 1.82) is 0 Å². The third-order valence-corrected chi connectivity index (χ3v) is 2.17. The van der Waals surface area contributed by atoms with Crippen LogP contribution in [-0.4, -0.2) is 36.0 Å². The summed E-state index contributed by atoms with van der Waals surface area (Å²) in [6.07, 6.45) is 0. The van der Waals surface area contributed by atoms with E-state index in [1.807, 2.05) is 18.7 Å². The Hall–Kier alpha value is -0.570. The SMILES string of the molecule is CC.CC(=O)N1C[C@H](C)NCC1C. The smallest absolute Gasteiger partial charge is 0.219 e. The van der Waals surface area contributed by atoms with E-state index in [-0.39, 0.29) is 5.91 Å². The van der Waals surface area contributed by atoms with Gasteiger partial charge in [-0.15, -0.1) is 0 Å². The lowest BCUT2D eigenvalue weighted by Gasteiger charge is -2.36. The van der Waals surface area contributed by atoms with Crippen LogP contribution in [0, 0.1) is 0 Å². The minimum atomic E-state index is 0.186. The summed E-state index contributed by atoms with van der Waals surface area (Å²) < 4.78 is 0. The summed E-state index contributed by atoms with van der Waals surface area (Å²) >= 11 is 0. The number of rotatable bonds is 0. The van der Waals surface area contributed by atoms with E-state index in [2.05, 4.69) is 19.2 Å². The van der Waals surface area contributed by atoms with Gasteiger partial charge in [0.25, 0.3) is 0 Å². The monoisotopic (exact) mass is 186 g/mol. The van der Waals surface area contributed by atoms with Crippen LogP contribution in [0.3, 0.4) is 0 Å². The van der Waals surface area contributed by atoms with Crippen LogP contribution in [0.25, 0.3) is 0 Å². The topological polar surface area (TPSA) is 32.3 Å². The third-order valence-electron chi connectivity index (χ3n) is 2.17. The van der Waals surface area contributed by atoms with E-state index < -0.39 is 0 Å². The molecule has 1 amide bonds. The highest BCUT2D eigenvalue weighted by atomic mass is 16.2. The van der Waals surface area contributed by atoms with Gasteiger partial charge in [0.1, 0.15) is 0 Å². The molecular formula is C10H22N2O. The van der Waals surface area contributed by atoms with Gasteiger partial charge in [-0.1, -0.05) is 13.8 Å². The molecule has 1 aliphatic rings. The van der Waals surface area contributed by atoms with Crippen LogP contribution in [0.2, 0.25) is 0 Å².